The molecule has 1 saturated carbocycles. The van der Waals surface area contributed by atoms with Gasteiger partial charge < -0.3 is 19.9 Å². The molecule has 0 radical (unpaired) electrons. The molecular weight excluding hydrogens is 314 g/mol. The van der Waals surface area contributed by atoms with Gasteiger partial charge in [-0.15, -0.1) is 0 Å². The molecule has 3 rings (SSSR count). The van der Waals surface area contributed by atoms with E-state index >= 15 is 0 Å². The molecule has 1 aromatic rings. The van der Waals surface area contributed by atoms with Crippen LogP contribution in [-0.4, -0.2) is 62.2 Å². The summed E-state index contributed by atoms with van der Waals surface area (Å²) in [7, 11) is 5.95. The molecule has 25 heavy (non-hydrogen) atoms. The van der Waals surface area contributed by atoms with Crippen molar-refractivity contribution in [2.75, 3.05) is 34.3 Å². The van der Waals surface area contributed by atoms with E-state index in [1.54, 1.807) is 7.11 Å². The van der Waals surface area contributed by atoms with Crippen molar-refractivity contribution >= 4 is 6.03 Å². The monoisotopic (exact) mass is 345 g/mol. The molecule has 1 aromatic carbocycles. The average Bonchev–Trinajstić information content (AvgIpc) is 3.01. The third-order valence-electron chi connectivity index (χ3n) is 5.73. The first-order valence-corrected chi connectivity index (χ1v) is 9.40. The fourth-order valence-electron chi connectivity index (χ4n) is 4.01. The van der Waals surface area contributed by atoms with E-state index in [0.717, 1.165) is 38.1 Å². The van der Waals surface area contributed by atoms with Gasteiger partial charge in [-0.1, -0.05) is 12.1 Å². The highest BCUT2D eigenvalue weighted by Crippen LogP contribution is 2.30. The lowest BCUT2D eigenvalue weighted by atomic mass is 9.79. The molecule has 1 aliphatic carbocycles. The first-order valence-electron chi connectivity index (χ1n) is 9.40. The van der Waals surface area contributed by atoms with Gasteiger partial charge in [0.2, 0.25) is 0 Å². The van der Waals surface area contributed by atoms with Crippen LogP contribution < -0.4 is 10.1 Å². The molecule has 1 unspecified atom stereocenters. The molecule has 2 fully saturated rings. The predicted octanol–water partition coefficient (Wildman–Crippen LogP) is 2.75. The molecule has 2 aliphatic rings. The van der Waals surface area contributed by atoms with Crippen molar-refractivity contribution in [2.24, 2.45) is 5.92 Å². The topological polar surface area (TPSA) is 44.8 Å². The Morgan fingerprint density at radius 3 is 2.88 bits per heavy atom. The number of likely N-dealkylation sites (tertiary alicyclic amines) is 1. The first-order chi connectivity index (χ1) is 12.1. The van der Waals surface area contributed by atoms with Crippen molar-refractivity contribution in [3.8, 4) is 5.75 Å². The van der Waals surface area contributed by atoms with Crippen molar-refractivity contribution in [1.29, 1.82) is 0 Å². The highest BCUT2D eigenvalue weighted by atomic mass is 16.5. The Bertz CT molecular complexity index is 584. The van der Waals surface area contributed by atoms with E-state index < -0.39 is 0 Å². The van der Waals surface area contributed by atoms with Crippen LogP contribution in [0.3, 0.4) is 0 Å². The Hall–Kier alpha value is -1.75. The summed E-state index contributed by atoms with van der Waals surface area (Å²) in [6.45, 7) is 1.68. The predicted molar refractivity (Wildman–Crippen MR) is 100 cm³/mol. The Morgan fingerprint density at radius 2 is 2.16 bits per heavy atom. The Kier molecular flexibility index (Phi) is 5.84. The lowest BCUT2D eigenvalue weighted by molar-refractivity contribution is 0.120. The summed E-state index contributed by atoms with van der Waals surface area (Å²) in [4.78, 5) is 16.9. The van der Waals surface area contributed by atoms with Crippen LogP contribution in [0.1, 0.15) is 31.2 Å². The van der Waals surface area contributed by atoms with E-state index in [-0.39, 0.29) is 6.03 Å². The standard InChI is InChI=1S/C20H31N3O2/c1-22(2)18-11-16(12-18)14-21-20(24)23-9-5-7-17(23)10-15-6-4-8-19(13-15)25-3/h4,6,8,13,16-18H,5,7,9-12,14H2,1-3H3,(H,21,24). The van der Waals surface area contributed by atoms with Crippen LogP contribution in [0.5, 0.6) is 5.75 Å². The molecule has 1 heterocycles. The maximum Gasteiger partial charge on any atom is 0.317 e. The first kappa shape index (κ1) is 18.1. The summed E-state index contributed by atoms with van der Waals surface area (Å²) in [6, 6.07) is 9.26. The number of rotatable bonds is 6. The molecular formula is C20H31N3O2. The number of urea groups is 1. The number of methoxy groups -OCH3 is 1. The Morgan fingerprint density at radius 1 is 1.36 bits per heavy atom. The fourth-order valence-corrected chi connectivity index (χ4v) is 4.01. The van der Waals surface area contributed by atoms with Gasteiger partial charge in [0.1, 0.15) is 5.75 Å². The lowest BCUT2D eigenvalue weighted by Crippen LogP contribution is -2.49. The van der Waals surface area contributed by atoms with Crippen molar-refractivity contribution in [2.45, 2.75) is 44.2 Å². The van der Waals surface area contributed by atoms with Crippen molar-refractivity contribution in [1.82, 2.24) is 15.1 Å². The third-order valence-corrected chi connectivity index (χ3v) is 5.73. The van der Waals surface area contributed by atoms with Gasteiger partial charge in [-0.2, -0.15) is 0 Å². The molecule has 1 atom stereocenters. The zero-order chi connectivity index (χ0) is 17.8. The zero-order valence-electron chi connectivity index (χ0n) is 15.7. The number of nitrogens with zero attached hydrogens (tertiary/aromatic N) is 2. The summed E-state index contributed by atoms with van der Waals surface area (Å²) in [6.07, 6.45) is 5.46. The number of hydrogen-bond donors (Lipinski definition) is 1. The largest absolute Gasteiger partial charge is 0.497 e. The Labute approximate surface area is 151 Å². The number of hydrogen-bond acceptors (Lipinski definition) is 3. The van der Waals surface area contributed by atoms with Crippen molar-refractivity contribution < 1.29 is 9.53 Å². The normalized spacial score (nSPS) is 25.8. The lowest BCUT2D eigenvalue weighted by Gasteiger charge is -2.40. The number of nitrogens with one attached hydrogen (secondary N) is 1. The maximum atomic E-state index is 12.6. The number of benzene rings is 1. The third kappa shape index (κ3) is 4.46. The van der Waals surface area contributed by atoms with Crippen LogP contribution in [0.15, 0.2) is 24.3 Å². The second-order valence-electron chi connectivity index (χ2n) is 7.69. The van der Waals surface area contributed by atoms with Gasteiger partial charge in [-0.05, 0) is 69.8 Å². The van der Waals surface area contributed by atoms with E-state index in [2.05, 4.69) is 36.4 Å². The summed E-state index contributed by atoms with van der Waals surface area (Å²) < 4.78 is 5.31. The summed E-state index contributed by atoms with van der Waals surface area (Å²) in [5.74, 6) is 1.52. The minimum Gasteiger partial charge on any atom is -0.497 e. The maximum absolute atomic E-state index is 12.6. The summed E-state index contributed by atoms with van der Waals surface area (Å²) in [5, 5.41) is 3.17. The second kappa shape index (κ2) is 8.09. The summed E-state index contributed by atoms with van der Waals surface area (Å²) in [5.41, 5.74) is 1.23. The van der Waals surface area contributed by atoms with E-state index in [4.69, 9.17) is 4.74 Å². The van der Waals surface area contributed by atoms with E-state index in [9.17, 15) is 4.79 Å². The van der Waals surface area contributed by atoms with Gasteiger partial charge in [0.25, 0.3) is 0 Å². The molecule has 5 heteroatoms. The van der Waals surface area contributed by atoms with Gasteiger partial charge in [-0.25, -0.2) is 4.79 Å². The summed E-state index contributed by atoms with van der Waals surface area (Å²) >= 11 is 0. The van der Waals surface area contributed by atoms with Gasteiger partial charge in [0.05, 0.1) is 7.11 Å². The van der Waals surface area contributed by atoms with Gasteiger partial charge >= 0.3 is 6.03 Å². The Balaban J connectivity index is 1.48. The van der Waals surface area contributed by atoms with Gasteiger partial charge in [0.15, 0.2) is 0 Å². The number of carbonyl (C=O) groups excluding carboxylic acids is 1. The molecule has 2 amide bonds. The molecule has 0 spiro atoms. The number of amides is 2. The second-order valence-corrected chi connectivity index (χ2v) is 7.69. The van der Waals surface area contributed by atoms with Crippen molar-refractivity contribution in [3.63, 3.8) is 0 Å². The smallest absolute Gasteiger partial charge is 0.317 e. The number of ether oxygens (including phenoxy) is 1. The molecule has 5 nitrogen and oxygen atoms in total. The van der Waals surface area contributed by atoms with E-state index in [0.29, 0.717) is 18.0 Å². The highest BCUT2D eigenvalue weighted by molar-refractivity contribution is 5.74. The minimum absolute atomic E-state index is 0.110. The SMILES string of the molecule is COc1cccc(CC2CCCN2C(=O)NCC2CC(N(C)C)C2)c1. The molecule has 1 aliphatic heterocycles. The van der Waals surface area contributed by atoms with E-state index in [1.807, 2.05) is 17.0 Å². The number of carbonyl (C=O) groups is 1. The fraction of sp³-hybridized carbons (Fsp3) is 0.650. The minimum atomic E-state index is 0.110. The van der Waals surface area contributed by atoms with Crippen LogP contribution in [0, 0.1) is 5.92 Å². The van der Waals surface area contributed by atoms with Crippen LogP contribution in [0.2, 0.25) is 0 Å². The quantitative estimate of drug-likeness (QED) is 0.862. The van der Waals surface area contributed by atoms with Crippen molar-refractivity contribution in [3.05, 3.63) is 29.8 Å². The molecule has 1 N–H and O–H groups in total. The average molecular weight is 345 g/mol. The zero-order valence-corrected chi connectivity index (χ0v) is 15.7. The highest BCUT2D eigenvalue weighted by Gasteiger charge is 2.32. The van der Waals surface area contributed by atoms with Crippen LogP contribution in [0.25, 0.3) is 0 Å². The van der Waals surface area contributed by atoms with Gasteiger partial charge in [0, 0.05) is 25.2 Å². The van der Waals surface area contributed by atoms with Crippen LogP contribution >= 0.6 is 0 Å². The van der Waals surface area contributed by atoms with Gasteiger partial charge in [-0.3, -0.25) is 0 Å². The molecule has 1 saturated heterocycles. The van der Waals surface area contributed by atoms with Crippen LogP contribution in [-0.2, 0) is 6.42 Å². The molecule has 0 aromatic heterocycles. The molecule has 138 valence electrons. The van der Waals surface area contributed by atoms with Crippen LogP contribution in [0.4, 0.5) is 4.79 Å². The van der Waals surface area contributed by atoms with E-state index in [1.165, 1.54) is 18.4 Å². The molecule has 0 bridgehead atoms.